The maximum absolute atomic E-state index is 11.4. The monoisotopic (exact) mass is 356 g/mol. The van der Waals surface area contributed by atoms with E-state index in [0.717, 1.165) is 11.4 Å². The van der Waals surface area contributed by atoms with Crippen LogP contribution in [0.15, 0.2) is 40.9 Å². The number of furan rings is 1. The number of nitrogens with zero attached hydrogens (tertiary/aromatic N) is 2. The first-order chi connectivity index (χ1) is 12.5. The average Bonchev–Trinajstić information content (AvgIpc) is 2.97. The summed E-state index contributed by atoms with van der Waals surface area (Å²) in [5.41, 5.74) is 1.66. The first kappa shape index (κ1) is 19.3. The number of aromatic nitrogens is 1. The van der Waals surface area contributed by atoms with Crippen LogP contribution in [0.3, 0.4) is 0 Å². The molecule has 0 fully saturated rings. The van der Waals surface area contributed by atoms with Crippen molar-refractivity contribution in [3.8, 4) is 5.75 Å². The van der Waals surface area contributed by atoms with E-state index < -0.39 is 5.97 Å². The van der Waals surface area contributed by atoms with Crippen molar-refractivity contribution in [2.24, 2.45) is 0 Å². The number of carboxylic acid groups (broad SMARTS) is 1. The van der Waals surface area contributed by atoms with Crippen molar-refractivity contribution in [2.45, 2.75) is 27.4 Å². The van der Waals surface area contributed by atoms with Crippen LogP contribution in [0.4, 0.5) is 5.82 Å². The number of fused-ring (bicyclic) bond motifs is 1. The Hall–Kier alpha value is -3.02. The van der Waals surface area contributed by atoms with Crippen molar-refractivity contribution >= 4 is 22.8 Å². The largest absolute Gasteiger partial charge is 0.489 e. The van der Waals surface area contributed by atoms with Crippen LogP contribution in [-0.4, -0.2) is 30.2 Å². The van der Waals surface area contributed by atoms with Crippen LogP contribution in [0.2, 0.25) is 0 Å². The lowest BCUT2D eigenvalue weighted by Gasteiger charge is -2.16. The van der Waals surface area contributed by atoms with Gasteiger partial charge in [0, 0.05) is 31.2 Å². The summed E-state index contributed by atoms with van der Waals surface area (Å²) >= 11 is 0. The number of aromatic carboxylic acids is 1. The molecule has 2 aromatic heterocycles. The summed E-state index contributed by atoms with van der Waals surface area (Å²) < 4.78 is 11.3. The molecule has 0 unspecified atom stereocenters. The van der Waals surface area contributed by atoms with Gasteiger partial charge in [0.1, 0.15) is 35.1 Å². The van der Waals surface area contributed by atoms with E-state index in [9.17, 15) is 9.90 Å². The van der Waals surface area contributed by atoms with E-state index in [1.54, 1.807) is 31.3 Å². The molecule has 2 heterocycles. The van der Waals surface area contributed by atoms with Gasteiger partial charge in [-0.1, -0.05) is 19.9 Å². The minimum atomic E-state index is -1.01. The fourth-order valence-corrected chi connectivity index (χ4v) is 2.66. The summed E-state index contributed by atoms with van der Waals surface area (Å²) in [5, 5.41) is 9.87. The Bertz CT molecular complexity index is 900. The smallest absolute Gasteiger partial charge is 0.339 e. The summed E-state index contributed by atoms with van der Waals surface area (Å²) in [5.74, 6) is 0.797. The van der Waals surface area contributed by atoms with Crippen LogP contribution in [0.1, 0.15) is 35.5 Å². The van der Waals surface area contributed by atoms with Crippen LogP contribution >= 0.6 is 0 Å². The number of hydrogen-bond donors (Lipinski definition) is 1. The number of rotatable bonds is 5. The lowest BCUT2D eigenvalue weighted by atomic mass is 10.1. The molecule has 3 aromatic rings. The van der Waals surface area contributed by atoms with E-state index in [2.05, 4.69) is 4.98 Å². The number of benzene rings is 1. The molecular weight excluding hydrogens is 332 g/mol. The van der Waals surface area contributed by atoms with Gasteiger partial charge in [0.2, 0.25) is 0 Å². The van der Waals surface area contributed by atoms with Gasteiger partial charge in [0.15, 0.2) is 0 Å². The number of aryl methyl sites for hydroxylation is 1. The fraction of sp³-hybridized carbons (Fsp3) is 0.300. The second kappa shape index (κ2) is 8.38. The molecule has 0 saturated carbocycles. The number of carboxylic acids is 1. The molecule has 0 atom stereocenters. The second-order valence-electron chi connectivity index (χ2n) is 5.67. The van der Waals surface area contributed by atoms with E-state index in [0.29, 0.717) is 29.1 Å². The van der Waals surface area contributed by atoms with Crippen LogP contribution in [0.5, 0.6) is 5.75 Å². The standard InChI is InChI=1S/C18H18N2O4.C2H6/c1-11-16(18(21)22)14-9-13(6-7-15(14)24-11)23-10-12-5-4-8-19-17(12)20(2)3;1-2/h4-9H,10H2,1-3H3,(H,21,22);1-2H3. The van der Waals surface area contributed by atoms with Crippen molar-refractivity contribution in [3.63, 3.8) is 0 Å². The minimum absolute atomic E-state index is 0.172. The Morgan fingerprint density at radius 1 is 1.27 bits per heavy atom. The lowest BCUT2D eigenvalue weighted by Crippen LogP contribution is -2.14. The molecule has 0 aliphatic carbocycles. The molecule has 0 bridgehead atoms. The zero-order valence-electron chi connectivity index (χ0n) is 15.7. The first-order valence-electron chi connectivity index (χ1n) is 8.48. The highest BCUT2D eigenvalue weighted by Crippen LogP contribution is 2.29. The van der Waals surface area contributed by atoms with Crippen molar-refractivity contribution < 1.29 is 19.1 Å². The van der Waals surface area contributed by atoms with Gasteiger partial charge in [-0.2, -0.15) is 0 Å². The Morgan fingerprint density at radius 3 is 2.65 bits per heavy atom. The molecule has 26 heavy (non-hydrogen) atoms. The lowest BCUT2D eigenvalue weighted by molar-refractivity contribution is 0.0697. The summed E-state index contributed by atoms with van der Waals surface area (Å²) in [6.07, 6.45) is 1.73. The predicted octanol–water partition coefficient (Wildman–Crippen LogP) is 4.51. The highest BCUT2D eigenvalue weighted by atomic mass is 16.5. The minimum Gasteiger partial charge on any atom is -0.489 e. The Labute approximate surface area is 153 Å². The molecule has 3 rings (SSSR count). The highest BCUT2D eigenvalue weighted by molar-refractivity contribution is 6.03. The third kappa shape index (κ3) is 3.96. The molecule has 6 heteroatoms. The van der Waals surface area contributed by atoms with Crippen LogP contribution in [0, 0.1) is 6.92 Å². The van der Waals surface area contributed by atoms with E-state index in [4.69, 9.17) is 9.15 Å². The van der Waals surface area contributed by atoms with Crippen molar-refractivity contribution in [1.29, 1.82) is 0 Å². The number of carbonyl (C=O) groups is 1. The molecule has 0 amide bonds. The predicted molar refractivity (Wildman–Crippen MR) is 102 cm³/mol. The molecule has 0 saturated heterocycles. The summed E-state index contributed by atoms with van der Waals surface area (Å²) in [6.45, 7) is 5.98. The molecule has 0 aliphatic heterocycles. The molecule has 1 aromatic carbocycles. The third-order valence-corrected chi connectivity index (χ3v) is 3.73. The van der Waals surface area contributed by atoms with Crippen molar-refractivity contribution in [1.82, 2.24) is 4.98 Å². The Kier molecular flexibility index (Phi) is 6.22. The average molecular weight is 356 g/mol. The van der Waals surface area contributed by atoms with Gasteiger partial charge in [-0.05, 0) is 31.2 Å². The molecule has 6 nitrogen and oxygen atoms in total. The SMILES string of the molecule is CC.Cc1oc2ccc(OCc3cccnc3N(C)C)cc2c1C(=O)O. The maximum atomic E-state index is 11.4. The first-order valence-corrected chi connectivity index (χ1v) is 8.48. The van der Waals surface area contributed by atoms with Gasteiger partial charge >= 0.3 is 5.97 Å². The molecule has 138 valence electrons. The molecule has 0 spiro atoms. The Balaban J connectivity index is 0.00000117. The summed E-state index contributed by atoms with van der Waals surface area (Å²) in [7, 11) is 3.84. The number of hydrogen-bond acceptors (Lipinski definition) is 5. The van der Waals surface area contributed by atoms with Crippen LogP contribution < -0.4 is 9.64 Å². The van der Waals surface area contributed by atoms with Crippen LogP contribution in [0.25, 0.3) is 11.0 Å². The highest BCUT2D eigenvalue weighted by Gasteiger charge is 2.18. The third-order valence-electron chi connectivity index (χ3n) is 3.73. The zero-order chi connectivity index (χ0) is 19.3. The number of pyridine rings is 1. The van der Waals surface area contributed by atoms with E-state index in [-0.39, 0.29) is 5.56 Å². The fourth-order valence-electron chi connectivity index (χ4n) is 2.66. The number of ether oxygens (including phenoxy) is 1. The van der Waals surface area contributed by atoms with E-state index >= 15 is 0 Å². The second-order valence-corrected chi connectivity index (χ2v) is 5.67. The Morgan fingerprint density at radius 2 is 2.00 bits per heavy atom. The van der Waals surface area contributed by atoms with Crippen LogP contribution in [-0.2, 0) is 6.61 Å². The quantitative estimate of drug-likeness (QED) is 0.725. The van der Waals surface area contributed by atoms with Gasteiger partial charge in [0.25, 0.3) is 0 Å². The van der Waals surface area contributed by atoms with E-state index in [1.807, 2.05) is 45.0 Å². The van der Waals surface area contributed by atoms with E-state index in [1.165, 1.54) is 0 Å². The topological polar surface area (TPSA) is 75.8 Å². The van der Waals surface area contributed by atoms with Gasteiger partial charge in [0.05, 0.1) is 0 Å². The van der Waals surface area contributed by atoms with Crippen molar-refractivity contribution in [2.75, 3.05) is 19.0 Å². The normalized spacial score (nSPS) is 10.2. The molecule has 1 N–H and O–H groups in total. The zero-order valence-corrected chi connectivity index (χ0v) is 15.7. The molecule has 0 aliphatic rings. The van der Waals surface area contributed by atoms with Gasteiger partial charge in [-0.15, -0.1) is 0 Å². The summed E-state index contributed by atoms with van der Waals surface area (Å²) in [6, 6.07) is 8.99. The van der Waals surface area contributed by atoms with Crippen molar-refractivity contribution in [3.05, 3.63) is 53.4 Å². The van der Waals surface area contributed by atoms with Gasteiger partial charge in [-0.3, -0.25) is 0 Å². The summed E-state index contributed by atoms with van der Waals surface area (Å²) in [4.78, 5) is 17.6. The molecular formula is C20H24N2O4. The maximum Gasteiger partial charge on any atom is 0.339 e. The van der Waals surface area contributed by atoms with Gasteiger partial charge in [-0.25, -0.2) is 9.78 Å². The van der Waals surface area contributed by atoms with Gasteiger partial charge < -0.3 is 19.2 Å². The molecule has 0 radical (unpaired) electrons. The number of anilines is 1.